The van der Waals surface area contributed by atoms with Crippen LogP contribution in [0.5, 0.6) is 0 Å². The molecule has 150 valence electrons. The van der Waals surface area contributed by atoms with Gasteiger partial charge < -0.3 is 5.11 Å². The van der Waals surface area contributed by atoms with E-state index in [4.69, 9.17) is 23.2 Å². The van der Waals surface area contributed by atoms with E-state index in [0.29, 0.717) is 22.0 Å². The molecule has 0 bridgehead atoms. The van der Waals surface area contributed by atoms with E-state index in [2.05, 4.69) is 9.97 Å². The van der Waals surface area contributed by atoms with Gasteiger partial charge in [-0.05, 0) is 43.3 Å². The summed E-state index contributed by atoms with van der Waals surface area (Å²) in [6.45, 7) is 1.80. The first kappa shape index (κ1) is 20.1. The second kappa shape index (κ2) is 7.89. The Kier molecular flexibility index (Phi) is 5.28. The van der Waals surface area contributed by atoms with E-state index in [1.54, 1.807) is 55.5 Å². The van der Waals surface area contributed by atoms with Gasteiger partial charge in [0.2, 0.25) is 0 Å². The molecule has 2 aromatic carbocycles. The number of aryl methyl sites for hydroxylation is 1. The van der Waals surface area contributed by atoms with Crippen LogP contribution in [0.2, 0.25) is 10.0 Å². The molecule has 0 aliphatic rings. The van der Waals surface area contributed by atoms with Gasteiger partial charge in [0.15, 0.2) is 17.3 Å². The van der Waals surface area contributed by atoms with Gasteiger partial charge in [-0.2, -0.15) is 0 Å². The Bertz CT molecular complexity index is 1290. The summed E-state index contributed by atoms with van der Waals surface area (Å²) in [5.74, 6) is -1.79. The number of carboxylic acids is 1. The van der Waals surface area contributed by atoms with Crippen molar-refractivity contribution in [2.45, 2.75) is 6.92 Å². The highest BCUT2D eigenvalue weighted by Crippen LogP contribution is 2.36. The molecular formula is C22H14Cl2FN3O2. The smallest absolute Gasteiger partial charge is 0.356 e. The van der Waals surface area contributed by atoms with E-state index < -0.39 is 11.8 Å². The molecule has 4 aromatic rings. The van der Waals surface area contributed by atoms with Crippen LogP contribution in [-0.4, -0.2) is 25.6 Å². The third-order valence-corrected chi connectivity index (χ3v) is 4.99. The lowest BCUT2D eigenvalue weighted by atomic mass is 10.1. The molecule has 2 heterocycles. The zero-order valence-electron chi connectivity index (χ0n) is 15.6. The van der Waals surface area contributed by atoms with Crippen molar-refractivity contribution in [1.82, 2.24) is 14.5 Å². The number of hydrogen-bond donors (Lipinski definition) is 1. The lowest BCUT2D eigenvalue weighted by Crippen LogP contribution is -2.05. The molecule has 4 rings (SSSR count). The molecule has 0 atom stereocenters. The SMILES string of the molecule is Cc1cccc(-c2nc(C(=O)O)c(-c3cccc(Cl)c3)n2-c2cccc(Cl)c2F)n1. The van der Waals surface area contributed by atoms with Crippen LogP contribution in [0.4, 0.5) is 4.39 Å². The van der Waals surface area contributed by atoms with E-state index in [1.807, 2.05) is 0 Å². The van der Waals surface area contributed by atoms with Crippen molar-refractivity contribution in [3.8, 4) is 28.5 Å². The minimum Gasteiger partial charge on any atom is -0.476 e. The van der Waals surface area contributed by atoms with Gasteiger partial charge in [-0.25, -0.2) is 19.2 Å². The van der Waals surface area contributed by atoms with Crippen LogP contribution in [-0.2, 0) is 0 Å². The average molecular weight is 442 g/mol. The number of imidazole rings is 1. The van der Waals surface area contributed by atoms with Gasteiger partial charge in [0.05, 0.1) is 16.4 Å². The Morgan fingerprint density at radius 2 is 1.77 bits per heavy atom. The fourth-order valence-corrected chi connectivity index (χ4v) is 3.57. The number of aromatic carboxylic acids is 1. The second-order valence-corrected chi connectivity index (χ2v) is 7.36. The molecule has 5 nitrogen and oxygen atoms in total. The standard InChI is InChI=1S/C22H14Cl2FN3O2/c1-12-5-2-9-16(26-12)21-27-19(22(29)30)20(13-6-3-7-14(23)11-13)28(21)17-10-4-8-15(24)18(17)25/h2-11H,1H3,(H,29,30). The number of aromatic nitrogens is 3. The summed E-state index contributed by atoms with van der Waals surface area (Å²) < 4.78 is 16.5. The van der Waals surface area contributed by atoms with Crippen LogP contribution in [0.3, 0.4) is 0 Å². The topological polar surface area (TPSA) is 68.0 Å². The summed E-state index contributed by atoms with van der Waals surface area (Å²) >= 11 is 12.2. The first-order valence-corrected chi connectivity index (χ1v) is 9.63. The molecule has 2 aromatic heterocycles. The Hall–Kier alpha value is -3.22. The lowest BCUT2D eigenvalue weighted by molar-refractivity contribution is 0.0692. The molecule has 0 fully saturated rings. The third kappa shape index (κ3) is 3.56. The molecule has 0 aliphatic carbocycles. The zero-order valence-corrected chi connectivity index (χ0v) is 17.1. The molecule has 30 heavy (non-hydrogen) atoms. The molecular weight excluding hydrogens is 428 g/mol. The van der Waals surface area contributed by atoms with Crippen molar-refractivity contribution in [1.29, 1.82) is 0 Å². The summed E-state index contributed by atoms with van der Waals surface area (Å²) in [6, 6.07) is 16.4. The van der Waals surface area contributed by atoms with Gasteiger partial charge in [-0.1, -0.05) is 47.5 Å². The molecule has 0 radical (unpaired) electrons. The van der Waals surface area contributed by atoms with Crippen molar-refractivity contribution in [2.75, 3.05) is 0 Å². The van der Waals surface area contributed by atoms with Crippen LogP contribution >= 0.6 is 23.2 Å². The van der Waals surface area contributed by atoms with Crippen LogP contribution in [0.15, 0.2) is 60.7 Å². The predicted molar refractivity (Wildman–Crippen MR) is 114 cm³/mol. The fourth-order valence-electron chi connectivity index (χ4n) is 3.21. The van der Waals surface area contributed by atoms with Crippen molar-refractivity contribution in [2.24, 2.45) is 0 Å². The fraction of sp³-hybridized carbons (Fsp3) is 0.0455. The number of carboxylic acid groups (broad SMARTS) is 1. The maximum Gasteiger partial charge on any atom is 0.356 e. The van der Waals surface area contributed by atoms with Gasteiger partial charge in [0.25, 0.3) is 0 Å². The van der Waals surface area contributed by atoms with Gasteiger partial charge in [0, 0.05) is 16.3 Å². The van der Waals surface area contributed by atoms with Crippen LogP contribution < -0.4 is 0 Å². The van der Waals surface area contributed by atoms with Crippen LogP contribution in [0, 0.1) is 12.7 Å². The zero-order chi connectivity index (χ0) is 21.4. The number of nitrogens with zero attached hydrogens (tertiary/aromatic N) is 3. The lowest BCUT2D eigenvalue weighted by Gasteiger charge is -2.14. The van der Waals surface area contributed by atoms with Gasteiger partial charge in [0.1, 0.15) is 5.69 Å². The molecule has 0 unspecified atom stereocenters. The minimum absolute atomic E-state index is 0.0516. The van der Waals surface area contributed by atoms with E-state index in [1.165, 1.54) is 16.7 Å². The van der Waals surface area contributed by atoms with Crippen molar-refractivity contribution < 1.29 is 14.3 Å². The summed E-state index contributed by atoms with van der Waals surface area (Å²) in [4.78, 5) is 20.8. The Morgan fingerprint density at radius 3 is 2.47 bits per heavy atom. The Morgan fingerprint density at radius 1 is 1.03 bits per heavy atom. The van der Waals surface area contributed by atoms with Crippen molar-refractivity contribution in [3.63, 3.8) is 0 Å². The molecule has 1 N–H and O–H groups in total. The first-order chi connectivity index (χ1) is 14.4. The molecule has 0 aliphatic heterocycles. The summed E-state index contributed by atoms with van der Waals surface area (Å²) in [5, 5.41) is 10.2. The highest BCUT2D eigenvalue weighted by atomic mass is 35.5. The quantitative estimate of drug-likeness (QED) is 0.418. The van der Waals surface area contributed by atoms with E-state index >= 15 is 4.39 Å². The van der Waals surface area contributed by atoms with Crippen LogP contribution in [0.1, 0.15) is 16.2 Å². The average Bonchev–Trinajstić information content (AvgIpc) is 3.11. The third-order valence-electron chi connectivity index (χ3n) is 4.47. The maximum atomic E-state index is 15.1. The second-order valence-electron chi connectivity index (χ2n) is 6.52. The monoisotopic (exact) mass is 441 g/mol. The number of pyridine rings is 1. The number of benzene rings is 2. The molecule has 8 heteroatoms. The summed E-state index contributed by atoms with van der Waals surface area (Å²) in [7, 11) is 0. The van der Waals surface area contributed by atoms with Crippen molar-refractivity contribution >= 4 is 29.2 Å². The van der Waals surface area contributed by atoms with Gasteiger partial charge in [-0.3, -0.25) is 4.57 Å². The highest BCUT2D eigenvalue weighted by molar-refractivity contribution is 6.31. The summed E-state index contributed by atoms with van der Waals surface area (Å²) in [6.07, 6.45) is 0. The largest absolute Gasteiger partial charge is 0.476 e. The van der Waals surface area contributed by atoms with Crippen molar-refractivity contribution in [3.05, 3.63) is 87.9 Å². The van der Waals surface area contributed by atoms with E-state index in [0.717, 1.165) is 0 Å². The van der Waals surface area contributed by atoms with Crippen LogP contribution in [0.25, 0.3) is 28.5 Å². The van der Waals surface area contributed by atoms with Gasteiger partial charge >= 0.3 is 5.97 Å². The number of halogens is 3. The minimum atomic E-state index is -1.26. The predicted octanol–water partition coefficient (Wildman–Crippen LogP) is 6.05. The number of hydrogen-bond acceptors (Lipinski definition) is 3. The van der Waals surface area contributed by atoms with Gasteiger partial charge in [-0.15, -0.1) is 0 Å². The first-order valence-electron chi connectivity index (χ1n) is 8.87. The van der Waals surface area contributed by atoms with E-state index in [9.17, 15) is 9.90 Å². The Labute approximate surface area is 181 Å². The normalized spacial score (nSPS) is 10.9. The summed E-state index contributed by atoms with van der Waals surface area (Å²) in [5.41, 5.74) is 1.53. The maximum absolute atomic E-state index is 15.1. The molecule has 0 saturated heterocycles. The molecule has 0 saturated carbocycles. The Balaban J connectivity index is 2.16. The molecule has 0 amide bonds. The number of rotatable bonds is 4. The highest BCUT2D eigenvalue weighted by Gasteiger charge is 2.27. The number of carbonyl (C=O) groups is 1. The van der Waals surface area contributed by atoms with E-state index in [-0.39, 0.29) is 27.9 Å². The molecule has 0 spiro atoms.